The second-order valence-corrected chi connectivity index (χ2v) is 4.36. The number of thiazole rings is 1. The van der Waals surface area contributed by atoms with Crippen LogP contribution in [0.15, 0.2) is 0 Å². The molecule has 1 amide bonds. The van der Waals surface area contributed by atoms with Crippen LogP contribution in [0.1, 0.15) is 15.4 Å². The molecule has 8 nitrogen and oxygen atoms in total. The minimum absolute atomic E-state index is 0.224. The molecule has 0 radical (unpaired) electrons. The van der Waals surface area contributed by atoms with Crippen LogP contribution in [-0.2, 0) is 19.1 Å². The summed E-state index contributed by atoms with van der Waals surface area (Å²) in [5, 5.41) is 10.9. The van der Waals surface area contributed by atoms with Gasteiger partial charge in [0.15, 0.2) is 5.13 Å². The quantitative estimate of drug-likeness (QED) is 0.722. The maximum Gasteiger partial charge on any atom is 0.350 e. The van der Waals surface area contributed by atoms with Gasteiger partial charge in [0.2, 0.25) is 0 Å². The second kappa shape index (κ2) is 6.81. The predicted molar refractivity (Wildman–Crippen MR) is 65.3 cm³/mol. The van der Waals surface area contributed by atoms with Crippen molar-refractivity contribution in [3.8, 4) is 0 Å². The van der Waals surface area contributed by atoms with Crippen LogP contribution in [0.25, 0.3) is 0 Å². The zero-order valence-electron chi connectivity index (χ0n) is 10.3. The predicted octanol–water partition coefficient (Wildman–Crippen LogP) is 0.278. The Morgan fingerprint density at radius 1 is 1.37 bits per heavy atom. The highest BCUT2D eigenvalue weighted by Crippen LogP contribution is 2.23. The normalized spacial score (nSPS) is 10.0. The summed E-state index contributed by atoms with van der Waals surface area (Å²) in [7, 11) is 1.25. The lowest BCUT2D eigenvalue weighted by Gasteiger charge is -2.01. The molecule has 0 aromatic carbocycles. The fourth-order valence-corrected chi connectivity index (χ4v) is 2.02. The van der Waals surface area contributed by atoms with Crippen molar-refractivity contribution in [1.29, 1.82) is 0 Å². The first kappa shape index (κ1) is 15.1. The number of aryl methyl sites for hydroxylation is 1. The molecule has 104 valence electrons. The van der Waals surface area contributed by atoms with Crippen LogP contribution in [0.3, 0.4) is 0 Å². The fourth-order valence-electron chi connectivity index (χ4n) is 1.12. The molecular weight excluding hydrogens is 276 g/mol. The minimum Gasteiger partial charge on any atom is -0.480 e. The van der Waals surface area contributed by atoms with Gasteiger partial charge in [0.05, 0.1) is 12.8 Å². The minimum atomic E-state index is -1.16. The summed E-state index contributed by atoms with van der Waals surface area (Å²) in [6, 6.07) is 0. The number of carbonyl (C=O) groups excluding carboxylic acids is 2. The highest BCUT2D eigenvalue weighted by atomic mass is 32.1. The van der Waals surface area contributed by atoms with E-state index in [1.54, 1.807) is 6.92 Å². The van der Waals surface area contributed by atoms with Gasteiger partial charge in [-0.15, -0.1) is 0 Å². The Bertz CT molecular complexity index is 498. The lowest BCUT2D eigenvalue weighted by molar-refractivity contribution is -0.143. The summed E-state index contributed by atoms with van der Waals surface area (Å²) in [6.07, 6.45) is 0. The third-order valence-corrected chi connectivity index (χ3v) is 2.93. The Balaban J connectivity index is 2.55. The van der Waals surface area contributed by atoms with Gasteiger partial charge < -0.3 is 14.6 Å². The van der Waals surface area contributed by atoms with Crippen molar-refractivity contribution in [1.82, 2.24) is 4.98 Å². The average Bonchev–Trinajstić information content (AvgIpc) is 2.68. The van der Waals surface area contributed by atoms with Crippen molar-refractivity contribution in [3.05, 3.63) is 10.6 Å². The number of hydrogen-bond donors (Lipinski definition) is 2. The molecule has 0 saturated carbocycles. The lowest BCUT2D eigenvalue weighted by Crippen LogP contribution is -2.20. The van der Waals surface area contributed by atoms with Gasteiger partial charge >= 0.3 is 11.9 Å². The van der Waals surface area contributed by atoms with E-state index in [9.17, 15) is 14.4 Å². The van der Waals surface area contributed by atoms with Crippen molar-refractivity contribution in [3.63, 3.8) is 0 Å². The Kier molecular flexibility index (Phi) is 5.39. The summed E-state index contributed by atoms with van der Waals surface area (Å²) < 4.78 is 9.16. The lowest BCUT2D eigenvalue weighted by atomic mass is 10.4. The second-order valence-electron chi connectivity index (χ2n) is 3.36. The van der Waals surface area contributed by atoms with Gasteiger partial charge in [0.25, 0.3) is 5.91 Å². The number of nitrogens with one attached hydrogen (secondary N) is 1. The number of methoxy groups -OCH3 is 1. The number of esters is 1. The van der Waals surface area contributed by atoms with E-state index in [0.29, 0.717) is 10.6 Å². The zero-order valence-corrected chi connectivity index (χ0v) is 11.1. The summed E-state index contributed by atoms with van der Waals surface area (Å²) in [5.74, 6) is -2.24. The number of carbonyl (C=O) groups is 3. The molecule has 0 aliphatic carbocycles. The van der Waals surface area contributed by atoms with E-state index >= 15 is 0 Å². The van der Waals surface area contributed by atoms with E-state index in [-0.39, 0.29) is 5.13 Å². The van der Waals surface area contributed by atoms with E-state index in [1.807, 2.05) is 0 Å². The first-order valence-electron chi connectivity index (χ1n) is 5.09. The first-order chi connectivity index (χ1) is 8.93. The number of rotatable bonds is 6. The topological polar surface area (TPSA) is 115 Å². The van der Waals surface area contributed by atoms with Gasteiger partial charge in [-0.3, -0.25) is 10.1 Å². The van der Waals surface area contributed by atoms with Crippen molar-refractivity contribution in [2.45, 2.75) is 6.92 Å². The van der Waals surface area contributed by atoms with Crippen LogP contribution in [0.4, 0.5) is 5.13 Å². The molecule has 0 spiro atoms. The third kappa shape index (κ3) is 4.64. The van der Waals surface area contributed by atoms with Gasteiger partial charge in [-0.2, -0.15) is 0 Å². The molecule has 0 aliphatic heterocycles. The number of carboxylic acid groups (broad SMARTS) is 1. The van der Waals surface area contributed by atoms with Gasteiger partial charge in [-0.1, -0.05) is 11.3 Å². The molecule has 0 fully saturated rings. The molecule has 2 N–H and O–H groups in total. The van der Waals surface area contributed by atoms with Crippen molar-refractivity contribution in [2.75, 3.05) is 25.6 Å². The van der Waals surface area contributed by atoms with Gasteiger partial charge in [-0.05, 0) is 6.92 Å². The average molecular weight is 288 g/mol. The highest BCUT2D eigenvalue weighted by molar-refractivity contribution is 7.17. The van der Waals surface area contributed by atoms with Crippen molar-refractivity contribution < 1.29 is 29.0 Å². The van der Waals surface area contributed by atoms with Crippen LogP contribution >= 0.6 is 11.3 Å². The number of amides is 1. The maximum atomic E-state index is 11.4. The highest BCUT2D eigenvalue weighted by Gasteiger charge is 2.16. The number of anilines is 1. The molecule has 0 atom stereocenters. The number of hydrogen-bond acceptors (Lipinski definition) is 7. The molecule has 0 aliphatic rings. The van der Waals surface area contributed by atoms with E-state index in [0.717, 1.165) is 11.3 Å². The van der Waals surface area contributed by atoms with E-state index in [4.69, 9.17) is 5.11 Å². The number of aromatic nitrogens is 1. The summed E-state index contributed by atoms with van der Waals surface area (Å²) in [6.45, 7) is 0.648. The Hall–Kier alpha value is -2.00. The fraction of sp³-hybridized carbons (Fsp3) is 0.400. The largest absolute Gasteiger partial charge is 0.480 e. The zero-order chi connectivity index (χ0) is 14.4. The smallest absolute Gasteiger partial charge is 0.350 e. The summed E-state index contributed by atoms with van der Waals surface area (Å²) in [5.41, 5.74) is 0.443. The number of nitrogens with zero attached hydrogens (tertiary/aromatic N) is 1. The molecule has 1 aromatic heterocycles. The van der Waals surface area contributed by atoms with Gasteiger partial charge in [-0.25, -0.2) is 14.6 Å². The van der Waals surface area contributed by atoms with Crippen LogP contribution in [0, 0.1) is 6.92 Å². The van der Waals surface area contributed by atoms with Crippen LogP contribution in [0.2, 0.25) is 0 Å². The molecule has 9 heteroatoms. The first-order valence-corrected chi connectivity index (χ1v) is 5.90. The van der Waals surface area contributed by atoms with Crippen molar-refractivity contribution in [2.24, 2.45) is 0 Å². The molecule has 1 aromatic rings. The van der Waals surface area contributed by atoms with Crippen molar-refractivity contribution >= 4 is 34.3 Å². The summed E-state index contributed by atoms with van der Waals surface area (Å²) >= 11 is 0.971. The van der Waals surface area contributed by atoms with Crippen LogP contribution < -0.4 is 5.32 Å². The maximum absolute atomic E-state index is 11.4. The molecule has 19 heavy (non-hydrogen) atoms. The number of aliphatic carboxylic acids is 1. The standard InChI is InChI=1S/C10H12N2O6S/c1-5-8(9(16)17-2)19-10(11-5)12-6(13)3-18-4-7(14)15/h3-4H2,1-2H3,(H,14,15)(H,11,12,13). The molecule has 1 rings (SSSR count). The third-order valence-electron chi connectivity index (χ3n) is 1.87. The number of carboxylic acids is 1. The Morgan fingerprint density at radius 3 is 2.63 bits per heavy atom. The van der Waals surface area contributed by atoms with E-state index < -0.39 is 31.1 Å². The van der Waals surface area contributed by atoms with E-state index in [2.05, 4.69) is 19.8 Å². The van der Waals surface area contributed by atoms with E-state index in [1.165, 1.54) is 7.11 Å². The molecule has 1 heterocycles. The van der Waals surface area contributed by atoms with Crippen LogP contribution in [-0.4, -0.2) is 48.3 Å². The summed E-state index contributed by atoms with van der Waals surface area (Å²) in [4.78, 5) is 37.2. The molecule has 0 unspecified atom stereocenters. The SMILES string of the molecule is COC(=O)c1sc(NC(=O)COCC(=O)O)nc1C. The Morgan fingerprint density at radius 2 is 2.05 bits per heavy atom. The molecular formula is C10H12N2O6S. The molecule has 0 saturated heterocycles. The Labute approximate surface area is 112 Å². The van der Waals surface area contributed by atoms with Gasteiger partial charge in [0, 0.05) is 0 Å². The number of ether oxygens (including phenoxy) is 2. The van der Waals surface area contributed by atoms with Crippen LogP contribution in [0.5, 0.6) is 0 Å². The monoisotopic (exact) mass is 288 g/mol. The molecule has 0 bridgehead atoms. The van der Waals surface area contributed by atoms with Gasteiger partial charge in [0.1, 0.15) is 18.1 Å².